The first-order chi connectivity index (χ1) is 8.11. The molecule has 2 N–H and O–H groups in total. The van der Waals surface area contributed by atoms with Gasteiger partial charge in [-0.25, -0.2) is 9.78 Å². The zero-order chi connectivity index (χ0) is 12.7. The highest BCUT2D eigenvalue weighted by molar-refractivity contribution is 9.10. The number of nitrogens with zero attached hydrogens (tertiary/aromatic N) is 1. The third kappa shape index (κ3) is 5.30. The van der Waals surface area contributed by atoms with Gasteiger partial charge in [-0.1, -0.05) is 0 Å². The van der Waals surface area contributed by atoms with Crippen LogP contribution in [0.4, 0.5) is 10.6 Å². The summed E-state index contributed by atoms with van der Waals surface area (Å²) in [5, 5.41) is 4.83. The number of amides is 2. The standard InChI is InChI=1S/C10H12BrN3O3/c1-2-17-9(15)6-13-10(16)14-8-4-3-7(11)5-12-8/h3-5H,2,6H2,1H3,(H2,12,13,14,16). The van der Waals surface area contributed by atoms with Gasteiger partial charge in [-0.3, -0.25) is 10.1 Å². The molecule has 1 rings (SSSR count). The number of carbonyl (C=O) groups is 2. The summed E-state index contributed by atoms with van der Waals surface area (Å²) in [6.07, 6.45) is 1.56. The molecule has 0 atom stereocenters. The second kappa shape index (κ2) is 6.85. The highest BCUT2D eigenvalue weighted by Crippen LogP contribution is 2.09. The minimum absolute atomic E-state index is 0.170. The van der Waals surface area contributed by atoms with Crippen molar-refractivity contribution in [3.05, 3.63) is 22.8 Å². The van der Waals surface area contributed by atoms with E-state index in [4.69, 9.17) is 0 Å². The lowest BCUT2D eigenvalue weighted by molar-refractivity contribution is -0.141. The molecule has 0 saturated carbocycles. The van der Waals surface area contributed by atoms with Gasteiger partial charge >= 0.3 is 12.0 Å². The number of anilines is 1. The highest BCUT2D eigenvalue weighted by Gasteiger charge is 2.06. The topological polar surface area (TPSA) is 80.3 Å². The van der Waals surface area contributed by atoms with Gasteiger partial charge in [0.25, 0.3) is 0 Å². The first-order valence-corrected chi connectivity index (χ1v) is 5.73. The van der Waals surface area contributed by atoms with E-state index in [2.05, 4.69) is 36.3 Å². The van der Waals surface area contributed by atoms with E-state index in [1.165, 1.54) is 0 Å². The van der Waals surface area contributed by atoms with Gasteiger partial charge in [0.2, 0.25) is 0 Å². The van der Waals surface area contributed by atoms with Crippen molar-refractivity contribution in [1.82, 2.24) is 10.3 Å². The van der Waals surface area contributed by atoms with E-state index < -0.39 is 12.0 Å². The van der Waals surface area contributed by atoms with E-state index in [0.717, 1.165) is 4.47 Å². The lowest BCUT2D eigenvalue weighted by atomic mass is 10.5. The molecule has 0 aromatic carbocycles. The van der Waals surface area contributed by atoms with Crippen LogP contribution in [0, 0.1) is 0 Å². The number of rotatable bonds is 4. The van der Waals surface area contributed by atoms with Crippen LogP contribution in [0.2, 0.25) is 0 Å². The number of urea groups is 1. The van der Waals surface area contributed by atoms with Crippen LogP contribution in [0.5, 0.6) is 0 Å². The zero-order valence-corrected chi connectivity index (χ0v) is 10.8. The Balaban J connectivity index is 2.34. The van der Waals surface area contributed by atoms with Crippen LogP contribution in [-0.2, 0) is 9.53 Å². The van der Waals surface area contributed by atoms with Crippen molar-refractivity contribution in [1.29, 1.82) is 0 Å². The summed E-state index contributed by atoms with van der Waals surface area (Å²) < 4.78 is 5.47. The number of ether oxygens (including phenoxy) is 1. The molecule has 0 unspecified atom stereocenters. The quantitative estimate of drug-likeness (QED) is 0.827. The summed E-state index contributed by atoms with van der Waals surface area (Å²) in [5.41, 5.74) is 0. The van der Waals surface area contributed by atoms with Gasteiger partial charge in [0.05, 0.1) is 6.61 Å². The SMILES string of the molecule is CCOC(=O)CNC(=O)Nc1ccc(Br)cn1. The van der Waals surface area contributed by atoms with Gasteiger partial charge in [-0.05, 0) is 35.0 Å². The predicted molar refractivity (Wildman–Crippen MR) is 65.6 cm³/mol. The Labute approximate surface area is 107 Å². The van der Waals surface area contributed by atoms with E-state index in [1.807, 2.05) is 0 Å². The highest BCUT2D eigenvalue weighted by atomic mass is 79.9. The van der Waals surface area contributed by atoms with Crippen molar-refractivity contribution in [2.75, 3.05) is 18.5 Å². The molecule has 1 aromatic heterocycles. The number of aromatic nitrogens is 1. The average Bonchev–Trinajstić information content (AvgIpc) is 2.30. The lowest BCUT2D eigenvalue weighted by Crippen LogP contribution is -2.34. The average molecular weight is 302 g/mol. The second-order valence-electron chi connectivity index (χ2n) is 2.97. The summed E-state index contributed by atoms with van der Waals surface area (Å²) in [6, 6.07) is 2.87. The van der Waals surface area contributed by atoms with Crippen LogP contribution in [0.1, 0.15) is 6.92 Å². The van der Waals surface area contributed by atoms with Crippen LogP contribution >= 0.6 is 15.9 Å². The molecule has 2 amide bonds. The minimum Gasteiger partial charge on any atom is -0.465 e. The smallest absolute Gasteiger partial charge is 0.325 e. The number of hydrogen-bond donors (Lipinski definition) is 2. The van der Waals surface area contributed by atoms with Crippen molar-refractivity contribution in [2.45, 2.75) is 6.92 Å². The molecule has 6 nitrogen and oxygen atoms in total. The van der Waals surface area contributed by atoms with Gasteiger partial charge in [-0.2, -0.15) is 0 Å². The van der Waals surface area contributed by atoms with Crippen molar-refractivity contribution in [3.8, 4) is 0 Å². The molecule has 0 aliphatic carbocycles. The van der Waals surface area contributed by atoms with Crippen LogP contribution in [0.15, 0.2) is 22.8 Å². The maximum Gasteiger partial charge on any atom is 0.325 e. The molecule has 1 aromatic rings. The fourth-order valence-electron chi connectivity index (χ4n) is 0.975. The Hall–Kier alpha value is -1.63. The van der Waals surface area contributed by atoms with Crippen LogP contribution in [0.25, 0.3) is 0 Å². The summed E-state index contributed by atoms with van der Waals surface area (Å²) in [4.78, 5) is 26.2. The molecule has 0 radical (unpaired) electrons. The molecule has 7 heteroatoms. The van der Waals surface area contributed by atoms with Crippen LogP contribution in [-0.4, -0.2) is 30.1 Å². The third-order valence-electron chi connectivity index (χ3n) is 1.67. The van der Waals surface area contributed by atoms with E-state index >= 15 is 0 Å². The summed E-state index contributed by atoms with van der Waals surface area (Å²) in [5.74, 6) is -0.0824. The molecular weight excluding hydrogens is 290 g/mol. The number of carbonyl (C=O) groups excluding carboxylic acids is 2. The van der Waals surface area contributed by atoms with Crippen molar-refractivity contribution >= 4 is 33.7 Å². The molecule has 0 saturated heterocycles. The van der Waals surface area contributed by atoms with E-state index in [-0.39, 0.29) is 13.2 Å². The van der Waals surface area contributed by atoms with Gasteiger partial charge in [0, 0.05) is 10.7 Å². The van der Waals surface area contributed by atoms with E-state index in [1.54, 1.807) is 25.3 Å². The van der Waals surface area contributed by atoms with Crippen LogP contribution in [0.3, 0.4) is 0 Å². The van der Waals surface area contributed by atoms with Gasteiger partial charge in [0.15, 0.2) is 0 Å². The molecule has 0 bridgehead atoms. The molecule has 17 heavy (non-hydrogen) atoms. The van der Waals surface area contributed by atoms with Crippen molar-refractivity contribution in [2.24, 2.45) is 0 Å². The second-order valence-corrected chi connectivity index (χ2v) is 3.89. The Bertz CT molecular complexity index is 394. The Morgan fingerprint density at radius 2 is 2.24 bits per heavy atom. The molecule has 0 aliphatic heterocycles. The molecule has 92 valence electrons. The summed E-state index contributed by atoms with van der Waals surface area (Å²) in [7, 11) is 0. The molecule has 0 fully saturated rings. The number of esters is 1. The summed E-state index contributed by atoms with van der Waals surface area (Å²) >= 11 is 3.23. The van der Waals surface area contributed by atoms with Gasteiger partial charge in [0.1, 0.15) is 12.4 Å². The maximum atomic E-state index is 11.3. The largest absolute Gasteiger partial charge is 0.465 e. The van der Waals surface area contributed by atoms with Crippen LogP contribution < -0.4 is 10.6 Å². The Kier molecular flexibility index (Phi) is 5.41. The zero-order valence-electron chi connectivity index (χ0n) is 9.20. The first-order valence-electron chi connectivity index (χ1n) is 4.94. The molecule has 0 aliphatic rings. The number of hydrogen-bond acceptors (Lipinski definition) is 4. The van der Waals surface area contributed by atoms with E-state index in [9.17, 15) is 9.59 Å². The number of halogens is 1. The number of nitrogens with one attached hydrogen (secondary N) is 2. The van der Waals surface area contributed by atoms with Gasteiger partial charge in [-0.15, -0.1) is 0 Å². The van der Waals surface area contributed by atoms with Crippen molar-refractivity contribution in [3.63, 3.8) is 0 Å². The lowest BCUT2D eigenvalue weighted by Gasteiger charge is -2.06. The fraction of sp³-hybridized carbons (Fsp3) is 0.300. The molecular formula is C10H12BrN3O3. The first kappa shape index (κ1) is 13.4. The predicted octanol–water partition coefficient (Wildman–Crippen LogP) is 1.53. The number of pyridine rings is 1. The molecule has 0 spiro atoms. The Morgan fingerprint density at radius 3 is 2.82 bits per heavy atom. The maximum absolute atomic E-state index is 11.3. The fourth-order valence-corrected chi connectivity index (χ4v) is 1.21. The van der Waals surface area contributed by atoms with E-state index in [0.29, 0.717) is 5.82 Å². The van der Waals surface area contributed by atoms with Gasteiger partial charge < -0.3 is 10.1 Å². The van der Waals surface area contributed by atoms with Crippen molar-refractivity contribution < 1.29 is 14.3 Å². The third-order valence-corrected chi connectivity index (χ3v) is 2.14. The molecule has 1 heterocycles. The normalized spacial score (nSPS) is 9.53. The summed E-state index contributed by atoms with van der Waals surface area (Å²) in [6.45, 7) is 1.82. The Morgan fingerprint density at radius 1 is 1.47 bits per heavy atom. The minimum atomic E-state index is -0.507. The monoisotopic (exact) mass is 301 g/mol.